The third kappa shape index (κ3) is 2.76. The molecule has 1 aliphatic heterocycles. The second-order valence-electron chi connectivity index (χ2n) is 5.78. The smallest absolute Gasteiger partial charge is 0.0310 e. The lowest BCUT2D eigenvalue weighted by Gasteiger charge is -2.38. The summed E-state index contributed by atoms with van der Waals surface area (Å²) in [5, 5.41) is 0. The molecule has 2 nitrogen and oxygen atoms in total. The van der Waals surface area contributed by atoms with Crippen molar-refractivity contribution in [3.05, 3.63) is 35.4 Å². The lowest BCUT2D eigenvalue weighted by Crippen LogP contribution is -2.49. The van der Waals surface area contributed by atoms with E-state index in [9.17, 15) is 0 Å². The van der Waals surface area contributed by atoms with E-state index < -0.39 is 0 Å². The first-order chi connectivity index (χ1) is 8.69. The normalized spacial score (nSPS) is 18.6. The van der Waals surface area contributed by atoms with Crippen LogP contribution in [0.25, 0.3) is 0 Å². The van der Waals surface area contributed by atoms with Crippen LogP contribution in [-0.4, -0.2) is 17.0 Å². The van der Waals surface area contributed by atoms with Crippen LogP contribution in [0.15, 0.2) is 24.3 Å². The summed E-state index contributed by atoms with van der Waals surface area (Å²) in [6, 6.07) is 8.77. The van der Waals surface area contributed by atoms with Crippen molar-refractivity contribution in [1.29, 1.82) is 0 Å². The number of hydrogen-bond donors (Lipinski definition) is 1. The van der Waals surface area contributed by atoms with Gasteiger partial charge in [-0.25, -0.2) is 0 Å². The Hall–Kier alpha value is -0.860. The summed E-state index contributed by atoms with van der Waals surface area (Å²) in [6.07, 6.45) is 5.10. The van der Waals surface area contributed by atoms with Gasteiger partial charge in [0.25, 0.3) is 0 Å². The van der Waals surface area contributed by atoms with Gasteiger partial charge < -0.3 is 5.73 Å². The van der Waals surface area contributed by atoms with Gasteiger partial charge in [0.05, 0.1) is 0 Å². The summed E-state index contributed by atoms with van der Waals surface area (Å²) in [7, 11) is 0. The second-order valence-corrected chi connectivity index (χ2v) is 5.78. The van der Waals surface area contributed by atoms with Crippen molar-refractivity contribution < 1.29 is 0 Å². The van der Waals surface area contributed by atoms with Crippen molar-refractivity contribution in [2.75, 3.05) is 6.54 Å². The highest BCUT2D eigenvalue weighted by molar-refractivity contribution is 5.30. The Bertz CT molecular complexity index is 363. The summed E-state index contributed by atoms with van der Waals surface area (Å²) in [4.78, 5) is 2.56. The molecule has 1 heterocycles. The van der Waals surface area contributed by atoms with Gasteiger partial charge >= 0.3 is 0 Å². The van der Waals surface area contributed by atoms with Gasteiger partial charge in [0, 0.05) is 25.2 Å². The van der Waals surface area contributed by atoms with Crippen LogP contribution < -0.4 is 5.73 Å². The fourth-order valence-electron chi connectivity index (χ4n) is 2.86. The molecule has 1 atom stereocenters. The Morgan fingerprint density at radius 2 is 1.78 bits per heavy atom. The summed E-state index contributed by atoms with van der Waals surface area (Å²) in [6.45, 7) is 7.47. The number of nitrogens with two attached hydrogens (primary N) is 1. The molecule has 0 aromatic heterocycles. The molecule has 2 heteroatoms. The third-order valence-electron chi connectivity index (χ3n) is 4.36. The average Bonchev–Trinajstić information content (AvgIpc) is 2.83. The first kappa shape index (κ1) is 13.6. The fourth-order valence-corrected chi connectivity index (χ4v) is 2.86. The monoisotopic (exact) mass is 246 g/mol. The minimum Gasteiger partial charge on any atom is -0.329 e. The molecule has 0 saturated heterocycles. The van der Waals surface area contributed by atoms with E-state index >= 15 is 0 Å². The molecule has 100 valence electrons. The molecule has 0 saturated carbocycles. The fraction of sp³-hybridized carbons (Fsp3) is 0.625. The van der Waals surface area contributed by atoms with Crippen LogP contribution >= 0.6 is 0 Å². The summed E-state index contributed by atoms with van der Waals surface area (Å²) in [5.41, 5.74) is 9.18. The number of fused-ring (bicyclic) bond motifs is 1. The minimum absolute atomic E-state index is 0.161. The van der Waals surface area contributed by atoms with Crippen LogP contribution in [0.5, 0.6) is 0 Å². The van der Waals surface area contributed by atoms with Gasteiger partial charge in [-0.05, 0) is 24.5 Å². The Kier molecular flexibility index (Phi) is 4.41. The van der Waals surface area contributed by atoms with Gasteiger partial charge in [-0.1, -0.05) is 50.5 Å². The molecule has 0 fully saturated rings. The largest absolute Gasteiger partial charge is 0.329 e. The highest BCUT2D eigenvalue weighted by Gasteiger charge is 2.33. The molecule has 0 aliphatic carbocycles. The molecule has 0 radical (unpaired) electrons. The lowest BCUT2D eigenvalue weighted by molar-refractivity contribution is 0.0962. The van der Waals surface area contributed by atoms with Crippen LogP contribution in [0.1, 0.15) is 50.7 Å². The Morgan fingerprint density at radius 1 is 1.17 bits per heavy atom. The molecule has 2 rings (SSSR count). The molecule has 1 aliphatic rings. The van der Waals surface area contributed by atoms with Crippen molar-refractivity contribution in [2.24, 2.45) is 5.73 Å². The molecule has 0 spiro atoms. The minimum atomic E-state index is 0.161. The van der Waals surface area contributed by atoms with Gasteiger partial charge in [0.15, 0.2) is 0 Å². The molecule has 0 bridgehead atoms. The highest BCUT2D eigenvalue weighted by atomic mass is 15.2. The van der Waals surface area contributed by atoms with Gasteiger partial charge in [-0.3, -0.25) is 4.90 Å². The van der Waals surface area contributed by atoms with Crippen molar-refractivity contribution in [2.45, 2.75) is 58.2 Å². The van der Waals surface area contributed by atoms with Crippen LogP contribution in [0, 0.1) is 0 Å². The predicted octanol–water partition coefficient (Wildman–Crippen LogP) is 3.30. The Labute approximate surface area is 111 Å². The molecule has 1 aromatic carbocycles. The van der Waals surface area contributed by atoms with Gasteiger partial charge in [0.2, 0.25) is 0 Å². The Balaban J connectivity index is 2.02. The van der Waals surface area contributed by atoms with E-state index in [0.717, 1.165) is 19.6 Å². The number of nitrogens with zero attached hydrogens (tertiary/aromatic N) is 1. The number of unbranched alkanes of at least 4 members (excludes halogenated alkanes) is 2. The van der Waals surface area contributed by atoms with E-state index in [2.05, 4.69) is 43.0 Å². The number of benzene rings is 1. The van der Waals surface area contributed by atoms with Crippen molar-refractivity contribution in [1.82, 2.24) is 4.90 Å². The first-order valence-corrected chi connectivity index (χ1v) is 7.21. The molecule has 2 N–H and O–H groups in total. The summed E-state index contributed by atoms with van der Waals surface area (Å²) in [5.74, 6) is 0. The van der Waals surface area contributed by atoms with E-state index in [0.29, 0.717) is 0 Å². The molecule has 18 heavy (non-hydrogen) atoms. The molecular weight excluding hydrogens is 220 g/mol. The van der Waals surface area contributed by atoms with Gasteiger partial charge in [0.1, 0.15) is 0 Å². The maximum atomic E-state index is 6.06. The molecular formula is C16H26N2. The molecule has 1 unspecified atom stereocenters. The topological polar surface area (TPSA) is 29.3 Å². The summed E-state index contributed by atoms with van der Waals surface area (Å²) >= 11 is 0. The van der Waals surface area contributed by atoms with Crippen molar-refractivity contribution in [3.63, 3.8) is 0 Å². The van der Waals surface area contributed by atoms with Crippen molar-refractivity contribution in [3.8, 4) is 0 Å². The number of rotatable bonds is 6. The number of hydrogen-bond acceptors (Lipinski definition) is 2. The van der Waals surface area contributed by atoms with Gasteiger partial charge in [-0.2, -0.15) is 0 Å². The first-order valence-electron chi connectivity index (χ1n) is 7.21. The van der Waals surface area contributed by atoms with Crippen LogP contribution in [0.4, 0.5) is 0 Å². The lowest BCUT2D eigenvalue weighted by atomic mass is 9.92. The molecule has 1 aromatic rings. The predicted molar refractivity (Wildman–Crippen MR) is 77.3 cm³/mol. The van der Waals surface area contributed by atoms with E-state index in [1.165, 1.54) is 36.8 Å². The van der Waals surface area contributed by atoms with Crippen LogP contribution in [0.3, 0.4) is 0 Å². The van der Waals surface area contributed by atoms with Crippen molar-refractivity contribution >= 4 is 0 Å². The zero-order valence-corrected chi connectivity index (χ0v) is 11.8. The van der Waals surface area contributed by atoms with Crippen LogP contribution in [0.2, 0.25) is 0 Å². The van der Waals surface area contributed by atoms with E-state index in [4.69, 9.17) is 5.73 Å². The zero-order valence-electron chi connectivity index (χ0n) is 11.8. The quantitative estimate of drug-likeness (QED) is 0.780. The van der Waals surface area contributed by atoms with E-state index in [1.54, 1.807) is 0 Å². The average molecular weight is 246 g/mol. The SMILES string of the molecule is CCCCCC(C)(CN)N1Cc2ccccc2C1. The third-order valence-corrected chi connectivity index (χ3v) is 4.36. The zero-order chi connectivity index (χ0) is 13.0. The van der Waals surface area contributed by atoms with Gasteiger partial charge in [-0.15, -0.1) is 0 Å². The Morgan fingerprint density at radius 3 is 2.28 bits per heavy atom. The highest BCUT2D eigenvalue weighted by Crippen LogP contribution is 2.31. The maximum Gasteiger partial charge on any atom is 0.0310 e. The van der Waals surface area contributed by atoms with E-state index in [-0.39, 0.29) is 5.54 Å². The standard InChI is InChI=1S/C16H26N2/c1-3-4-7-10-16(2,13-17)18-11-14-8-5-6-9-15(14)12-18/h5-6,8-9H,3-4,7,10-13,17H2,1-2H3. The molecule has 0 amide bonds. The maximum absolute atomic E-state index is 6.06. The second kappa shape index (κ2) is 5.85. The summed E-state index contributed by atoms with van der Waals surface area (Å²) < 4.78 is 0. The van der Waals surface area contributed by atoms with E-state index in [1.807, 2.05) is 0 Å². The van der Waals surface area contributed by atoms with Crippen LogP contribution in [-0.2, 0) is 13.1 Å².